The first-order chi connectivity index (χ1) is 17.0. The van der Waals surface area contributed by atoms with Crippen molar-refractivity contribution in [1.29, 1.82) is 0 Å². The zero-order valence-corrected chi connectivity index (χ0v) is 21.5. The number of benzene rings is 2. The topological polar surface area (TPSA) is 89.7 Å². The summed E-state index contributed by atoms with van der Waals surface area (Å²) in [5, 5.41) is 4.52. The molecule has 0 bridgehead atoms. The second-order valence-electron chi connectivity index (χ2n) is 8.50. The highest BCUT2D eigenvalue weighted by Crippen LogP contribution is 2.38. The fraction of sp³-hybridized carbons (Fsp3) is 0.407. The standard InChI is InChI=1S/C27H34N4O3S/c1-4-20-18(16-31-10-11-35-17-31)8-7-9-22(20)30-27-19(12-26(28)32)15-29-23-14-25(34-6-3)24(33-5-2)13-21(23)27/h7-9,13-15H,4-6,10-12,16-17H2,1-3H3,(H2,28,32)(H,29,30). The molecule has 0 spiro atoms. The Morgan fingerprint density at radius 2 is 1.91 bits per heavy atom. The molecule has 3 N–H and O–H groups in total. The van der Waals surface area contributed by atoms with Gasteiger partial charge >= 0.3 is 0 Å². The third-order valence-electron chi connectivity index (χ3n) is 6.08. The number of rotatable bonds is 11. The quantitative estimate of drug-likeness (QED) is 0.393. The number of aromatic nitrogens is 1. The summed E-state index contributed by atoms with van der Waals surface area (Å²) in [6.45, 7) is 9.15. The number of primary amides is 1. The lowest BCUT2D eigenvalue weighted by Gasteiger charge is -2.21. The molecule has 35 heavy (non-hydrogen) atoms. The summed E-state index contributed by atoms with van der Waals surface area (Å²) in [7, 11) is 0. The Labute approximate surface area is 211 Å². The molecule has 0 saturated carbocycles. The maximum atomic E-state index is 11.9. The van der Waals surface area contributed by atoms with Crippen LogP contribution >= 0.6 is 11.8 Å². The van der Waals surface area contributed by atoms with Crippen LogP contribution in [0.1, 0.15) is 37.5 Å². The van der Waals surface area contributed by atoms with Crippen LogP contribution in [0, 0.1) is 0 Å². The van der Waals surface area contributed by atoms with Crippen molar-refractivity contribution in [1.82, 2.24) is 9.88 Å². The minimum atomic E-state index is -0.402. The van der Waals surface area contributed by atoms with Gasteiger partial charge in [0.1, 0.15) is 0 Å². The maximum absolute atomic E-state index is 11.9. The van der Waals surface area contributed by atoms with Gasteiger partial charge in [-0.2, -0.15) is 0 Å². The molecule has 3 aromatic rings. The average Bonchev–Trinajstić information content (AvgIpc) is 3.34. The zero-order valence-electron chi connectivity index (χ0n) is 20.7. The van der Waals surface area contributed by atoms with E-state index in [9.17, 15) is 4.79 Å². The van der Waals surface area contributed by atoms with Crippen LogP contribution in [0.4, 0.5) is 11.4 Å². The highest BCUT2D eigenvalue weighted by atomic mass is 32.2. The number of nitrogens with one attached hydrogen (secondary N) is 1. The van der Waals surface area contributed by atoms with Crippen LogP contribution in [0.5, 0.6) is 11.5 Å². The molecule has 0 radical (unpaired) electrons. The summed E-state index contributed by atoms with van der Waals surface area (Å²) >= 11 is 1.98. The molecule has 1 aliphatic heterocycles. The molecule has 7 nitrogen and oxygen atoms in total. The Morgan fingerprint density at radius 1 is 1.14 bits per heavy atom. The van der Waals surface area contributed by atoms with E-state index in [1.165, 1.54) is 16.9 Å². The number of nitrogens with two attached hydrogens (primary N) is 1. The Morgan fingerprint density at radius 3 is 2.57 bits per heavy atom. The van der Waals surface area contributed by atoms with Crippen molar-refractivity contribution < 1.29 is 14.3 Å². The molecule has 2 aromatic carbocycles. The van der Waals surface area contributed by atoms with Crippen LogP contribution in [-0.4, -0.2) is 47.2 Å². The first kappa shape index (κ1) is 25.1. The molecular formula is C27H34N4O3S. The molecule has 186 valence electrons. The molecule has 8 heteroatoms. The van der Waals surface area contributed by atoms with Crippen LogP contribution in [-0.2, 0) is 24.2 Å². The number of ether oxygens (including phenoxy) is 2. The third kappa shape index (κ3) is 5.82. The minimum Gasteiger partial charge on any atom is -0.490 e. The van der Waals surface area contributed by atoms with E-state index in [4.69, 9.17) is 15.2 Å². The molecule has 2 heterocycles. The van der Waals surface area contributed by atoms with E-state index in [1.54, 1.807) is 6.20 Å². The lowest BCUT2D eigenvalue weighted by atomic mass is 10.0. The van der Waals surface area contributed by atoms with Crippen LogP contribution in [0.25, 0.3) is 10.9 Å². The number of carbonyl (C=O) groups excluding carboxylic acids is 1. The van der Waals surface area contributed by atoms with E-state index in [-0.39, 0.29) is 6.42 Å². The molecule has 4 rings (SSSR count). The summed E-state index contributed by atoms with van der Waals surface area (Å²) < 4.78 is 11.7. The van der Waals surface area contributed by atoms with E-state index < -0.39 is 5.91 Å². The van der Waals surface area contributed by atoms with Crippen molar-refractivity contribution >= 4 is 39.9 Å². The Balaban J connectivity index is 1.82. The number of nitrogens with zero attached hydrogens (tertiary/aromatic N) is 2. The number of anilines is 2. The number of carbonyl (C=O) groups is 1. The predicted octanol–water partition coefficient (Wildman–Crippen LogP) is 4.87. The van der Waals surface area contributed by atoms with Gasteiger partial charge in [0.25, 0.3) is 0 Å². The minimum absolute atomic E-state index is 0.0919. The van der Waals surface area contributed by atoms with E-state index in [2.05, 4.69) is 40.3 Å². The van der Waals surface area contributed by atoms with Crippen molar-refractivity contribution in [3.63, 3.8) is 0 Å². The highest BCUT2D eigenvalue weighted by molar-refractivity contribution is 7.99. The average molecular weight is 495 g/mol. The largest absolute Gasteiger partial charge is 0.490 e. The van der Waals surface area contributed by atoms with Crippen molar-refractivity contribution in [2.45, 2.75) is 40.2 Å². The van der Waals surface area contributed by atoms with Gasteiger partial charge in [0.2, 0.25) is 5.91 Å². The second kappa shape index (κ2) is 11.6. The Kier molecular flexibility index (Phi) is 8.36. The van der Waals surface area contributed by atoms with Gasteiger partial charge in [-0.1, -0.05) is 19.1 Å². The van der Waals surface area contributed by atoms with Crippen LogP contribution in [0.3, 0.4) is 0 Å². The molecular weight excluding hydrogens is 460 g/mol. The normalized spacial score (nSPS) is 13.8. The van der Waals surface area contributed by atoms with Crippen molar-refractivity contribution in [3.05, 3.63) is 53.2 Å². The van der Waals surface area contributed by atoms with Crippen LogP contribution in [0.15, 0.2) is 36.5 Å². The number of pyridine rings is 1. The van der Waals surface area contributed by atoms with Gasteiger partial charge in [0.15, 0.2) is 11.5 Å². The zero-order chi connectivity index (χ0) is 24.8. The summed E-state index contributed by atoms with van der Waals surface area (Å²) in [5.74, 6) is 3.16. The number of thioether (sulfide) groups is 1. The van der Waals surface area contributed by atoms with Gasteiger partial charge in [-0.15, -0.1) is 11.8 Å². The van der Waals surface area contributed by atoms with Crippen LogP contribution in [0.2, 0.25) is 0 Å². The lowest BCUT2D eigenvalue weighted by molar-refractivity contribution is -0.117. The molecule has 0 unspecified atom stereocenters. The summed E-state index contributed by atoms with van der Waals surface area (Å²) in [6, 6.07) is 10.2. The molecule has 1 aromatic heterocycles. The third-order valence-corrected chi connectivity index (χ3v) is 7.10. The molecule has 0 aliphatic carbocycles. The summed E-state index contributed by atoms with van der Waals surface area (Å²) in [5.41, 5.74) is 11.6. The Hall–Kier alpha value is -2.97. The maximum Gasteiger partial charge on any atom is 0.221 e. The number of hydrogen-bond donors (Lipinski definition) is 2. The summed E-state index contributed by atoms with van der Waals surface area (Å²) in [4.78, 5) is 19.0. The smallest absolute Gasteiger partial charge is 0.221 e. The number of hydrogen-bond acceptors (Lipinski definition) is 7. The van der Waals surface area contributed by atoms with Gasteiger partial charge in [0, 0.05) is 53.6 Å². The molecule has 1 amide bonds. The lowest BCUT2D eigenvalue weighted by Crippen LogP contribution is -2.20. The van der Waals surface area contributed by atoms with E-state index in [1.807, 2.05) is 37.7 Å². The van der Waals surface area contributed by atoms with Crippen molar-refractivity contribution in [3.8, 4) is 11.5 Å². The predicted molar refractivity (Wildman–Crippen MR) is 144 cm³/mol. The fourth-order valence-electron chi connectivity index (χ4n) is 4.52. The first-order valence-electron chi connectivity index (χ1n) is 12.2. The fourth-order valence-corrected chi connectivity index (χ4v) is 5.51. The van der Waals surface area contributed by atoms with Gasteiger partial charge in [-0.25, -0.2) is 0 Å². The second-order valence-corrected chi connectivity index (χ2v) is 9.57. The van der Waals surface area contributed by atoms with Gasteiger partial charge in [-0.3, -0.25) is 14.7 Å². The number of fused-ring (bicyclic) bond motifs is 1. The molecule has 1 aliphatic rings. The molecule has 1 saturated heterocycles. The monoisotopic (exact) mass is 494 g/mol. The first-order valence-corrected chi connectivity index (χ1v) is 13.4. The van der Waals surface area contributed by atoms with Crippen molar-refractivity contribution in [2.75, 3.05) is 36.7 Å². The summed E-state index contributed by atoms with van der Waals surface area (Å²) in [6.07, 6.45) is 2.71. The Bertz CT molecular complexity index is 1190. The van der Waals surface area contributed by atoms with Gasteiger partial charge in [-0.05, 0) is 43.5 Å². The molecule has 0 atom stereocenters. The van der Waals surface area contributed by atoms with Gasteiger partial charge < -0.3 is 20.5 Å². The van der Waals surface area contributed by atoms with Crippen molar-refractivity contribution in [2.24, 2.45) is 5.73 Å². The van der Waals surface area contributed by atoms with E-state index in [0.29, 0.717) is 24.7 Å². The SMILES string of the molecule is CCOc1cc2ncc(CC(N)=O)c(Nc3cccc(CN4CCSC4)c3CC)c2cc1OCC. The number of amides is 1. The highest BCUT2D eigenvalue weighted by Gasteiger charge is 2.19. The van der Waals surface area contributed by atoms with Gasteiger partial charge in [0.05, 0.1) is 30.8 Å². The van der Waals surface area contributed by atoms with E-state index >= 15 is 0 Å². The van der Waals surface area contributed by atoms with E-state index in [0.717, 1.165) is 53.2 Å². The molecule has 1 fully saturated rings. The van der Waals surface area contributed by atoms with Crippen LogP contribution < -0.4 is 20.5 Å².